The molecule has 0 bridgehead atoms. The number of likely N-dealkylation sites (N-methyl/N-ethyl adjacent to an activating group) is 1. The summed E-state index contributed by atoms with van der Waals surface area (Å²) >= 11 is 6.16. The fraction of sp³-hybridized carbons (Fsp3) is 0.300. The Labute approximate surface area is 158 Å². The third-order valence-corrected chi connectivity index (χ3v) is 4.88. The predicted molar refractivity (Wildman–Crippen MR) is 105 cm³/mol. The summed E-state index contributed by atoms with van der Waals surface area (Å²) in [6.07, 6.45) is 0. The maximum Gasteiger partial charge on any atom is 0.255 e. The van der Waals surface area contributed by atoms with Crippen molar-refractivity contribution in [2.45, 2.75) is 6.92 Å². The van der Waals surface area contributed by atoms with Gasteiger partial charge in [-0.1, -0.05) is 18.5 Å². The van der Waals surface area contributed by atoms with Crippen molar-refractivity contribution < 1.29 is 4.79 Å². The second-order valence-electron chi connectivity index (χ2n) is 6.23. The zero-order valence-corrected chi connectivity index (χ0v) is 15.5. The van der Waals surface area contributed by atoms with Gasteiger partial charge in [0.25, 0.3) is 5.91 Å². The largest absolute Gasteiger partial charge is 0.367 e. The Kier molecular flexibility index (Phi) is 5.77. The highest BCUT2D eigenvalue weighted by Gasteiger charge is 2.19. The van der Waals surface area contributed by atoms with Crippen LogP contribution in [0.25, 0.3) is 0 Å². The first-order chi connectivity index (χ1) is 12.6. The van der Waals surface area contributed by atoms with E-state index in [1.54, 1.807) is 30.3 Å². The summed E-state index contributed by atoms with van der Waals surface area (Å²) in [5.74, 6) is -0.217. The molecule has 0 aliphatic carbocycles. The molecule has 1 heterocycles. The lowest BCUT2D eigenvalue weighted by atomic mass is 10.1. The maximum atomic E-state index is 12.6. The fourth-order valence-electron chi connectivity index (χ4n) is 3.08. The van der Waals surface area contributed by atoms with Gasteiger partial charge in [0.1, 0.15) is 0 Å². The molecule has 5 nitrogen and oxygen atoms in total. The topological polar surface area (TPSA) is 59.4 Å². The minimum Gasteiger partial charge on any atom is -0.367 e. The SMILES string of the molecule is CCN1CCN(c2ccc(Cl)cc2NC(=O)c2ccc(C#N)cc2)CC1. The number of anilines is 2. The molecule has 1 saturated heterocycles. The van der Waals surface area contributed by atoms with Crippen molar-refractivity contribution in [3.05, 3.63) is 58.6 Å². The van der Waals surface area contributed by atoms with E-state index in [9.17, 15) is 4.79 Å². The molecule has 1 aliphatic rings. The summed E-state index contributed by atoms with van der Waals surface area (Å²) in [5.41, 5.74) is 2.72. The zero-order valence-electron chi connectivity index (χ0n) is 14.7. The van der Waals surface area contributed by atoms with Crippen LogP contribution >= 0.6 is 11.6 Å². The molecule has 3 rings (SSSR count). The van der Waals surface area contributed by atoms with Gasteiger partial charge in [0.15, 0.2) is 0 Å². The van der Waals surface area contributed by atoms with Crippen LogP contribution in [0.3, 0.4) is 0 Å². The van der Waals surface area contributed by atoms with Crippen LogP contribution in [0, 0.1) is 11.3 Å². The number of carbonyl (C=O) groups excluding carboxylic acids is 1. The van der Waals surface area contributed by atoms with Gasteiger partial charge in [-0.15, -0.1) is 0 Å². The maximum absolute atomic E-state index is 12.6. The number of rotatable bonds is 4. The predicted octanol–water partition coefficient (Wildman–Crippen LogP) is 3.61. The first-order valence-corrected chi connectivity index (χ1v) is 9.07. The molecule has 0 aromatic heterocycles. The molecule has 1 aliphatic heterocycles. The van der Waals surface area contributed by atoms with Gasteiger partial charge in [-0.3, -0.25) is 4.79 Å². The summed E-state index contributed by atoms with van der Waals surface area (Å²) in [4.78, 5) is 17.3. The van der Waals surface area contributed by atoms with Crippen LogP contribution in [-0.2, 0) is 0 Å². The molecule has 0 unspecified atom stereocenters. The van der Waals surface area contributed by atoms with Gasteiger partial charge in [-0.2, -0.15) is 5.26 Å². The number of carbonyl (C=O) groups is 1. The molecule has 2 aromatic rings. The van der Waals surface area contributed by atoms with E-state index < -0.39 is 0 Å². The number of nitrogens with one attached hydrogen (secondary N) is 1. The van der Waals surface area contributed by atoms with Crippen LogP contribution < -0.4 is 10.2 Å². The smallest absolute Gasteiger partial charge is 0.255 e. The Bertz CT molecular complexity index is 821. The van der Waals surface area contributed by atoms with Crippen LogP contribution in [0.1, 0.15) is 22.8 Å². The Morgan fingerprint density at radius 2 is 1.85 bits per heavy atom. The second kappa shape index (κ2) is 8.22. The van der Waals surface area contributed by atoms with Gasteiger partial charge < -0.3 is 15.1 Å². The van der Waals surface area contributed by atoms with Crippen LogP contribution in [-0.4, -0.2) is 43.5 Å². The number of nitriles is 1. The Morgan fingerprint density at radius 1 is 1.15 bits per heavy atom. The highest BCUT2D eigenvalue weighted by molar-refractivity contribution is 6.31. The van der Waals surface area contributed by atoms with Crippen LogP contribution in [0.15, 0.2) is 42.5 Å². The molecule has 6 heteroatoms. The lowest BCUT2D eigenvalue weighted by Gasteiger charge is -2.36. The summed E-state index contributed by atoms with van der Waals surface area (Å²) in [6, 6.07) is 14.2. The fourth-order valence-corrected chi connectivity index (χ4v) is 3.25. The summed E-state index contributed by atoms with van der Waals surface area (Å²) in [6.45, 7) is 7.05. The lowest BCUT2D eigenvalue weighted by molar-refractivity contribution is 0.102. The summed E-state index contributed by atoms with van der Waals surface area (Å²) in [7, 11) is 0. The highest BCUT2D eigenvalue weighted by Crippen LogP contribution is 2.30. The molecule has 0 spiro atoms. The van der Waals surface area contributed by atoms with Crippen LogP contribution in [0.5, 0.6) is 0 Å². The number of amides is 1. The van der Waals surface area contributed by atoms with Gasteiger partial charge in [0.05, 0.1) is 23.0 Å². The monoisotopic (exact) mass is 368 g/mol. The van der Waals surface area contributed by atoms with Crippen molar-refractivity contribution >= 4 is 28.9 Å². The van der Waals surface area contributed by atoms with Crippen LogP contribution in [0.4, 0.5) is 11.4 Å². The van der Waals surface area contributed by atoms with Gasteiger partial charge in [-0.25, -0.2) is 0 Å². The third kappa shape index (κ3) is 4.16. The molecule has 2 aromatic carbocycles. The molecule has 0 radical (unpaired) electrons. The minimum absolute atomic E-state index is 0.217. The molecule has 0 atom stereocenters. The van der Waals surface area contributed by atoms with Gasteiger partial charge in [-0.05, 0) is 49.0 Å². The first-order valence-electron chi connectivity index (χ1n) is 8.69. The van der Waals surface area contributed by atoms with Gasteiger partial charge in [0.2, 0.25) is 0 Å². The average Bonchev–Trinajstić information content (AvgIpc) is 2.68. The molecule has 26 heavy (non-hydrogen) atoms. The van der Waals surface area contributed by atoms with E-state index in [2.05, 4.69) is 28.1 Å². The van der Waals surface area contributed by atoms with E-state index in [1.807, 2.05) is 12.1 Å². The summed E-state index contributed by atoms with van der Waals surface area (Å²) in [5, 5.41) is 12.4. The Hall–Kier alpha value is -2.55. The number of hydrogen-bond acceptors (Lipinski definition) is 4. The Morgan fingerprint density at radius 3 is 2.46 bits per heavy atom. The van der Waals surface area contributed by atoms with E-state index in [-0.39, 0.29) is 5.91 Å². The van der Waals surface area contributed by atoms with E-state index in [1.165, 1.54) is 0 Å². The highest BCUT2D eigenvalue weighted by atomic mass is 35.5. The van der Waals surface area contributed by atoms with E-state index in [4.69, 9.17) is 16.9 Å². The van der Waals surface area contributed by atoms with Crippen molar-refractivity contribution in [1.82, 2.24) is 4.90 Å². The first kappa shape index (κ1) is 18.2. The van der Waals surface area contributed by atoms with Gasteiger partial charge in [0, 0.05) is 36.8 Å². The standard InChI is InChI=1S/C20H21ClN4O/c1-2-24-9-11-25(12-10-24)19-8-7-17(21)13-18(19)23-20(26)16-5-3-15(14-22)4-6-16/h3-8,13H,2,9-12H2,1H3,(H,23,26). The third-order valence-electron chi connectivity index (χ3n) is 4.64. The Balaban J connectivity index is 1.79. The summed E-state index contributed by atoms with van der Waals surface area (Å²) < 4.78 is 0. The van der Waals surface area contributed by atoms with Crippen molar-refractivity contribution in [1.29, 1.82) is 5.26 Å². The van der Waals surface area contributed by atoms with Crippen molar-refractivity contribution in [3.8, 4) is 6.07 Å². The lowest BCUT2D eigenvalue weighted by Crippen LogP contribution is -2.46. The zero-order chi connectivity index (χ0) is 18.5. The van der Waals surface area contributed by atoms with Crippen molar-refractivity contribution in [2.24, 2.45) is 0 Å². The average molecular weight is 369 g/mol. The van der Waals surface area contributed by atoms with Crippen LogP contribution in [0.2, 0.25) is 5.02 Å². The number of piperazine rings is 1. The normalized spacial score (nSPS) is 14.7. The number of benzene rings is 2. The minimum atomic E-state index is -0.217. The molecular formula is C20H21ClN4O. The molecule has 134 valence electrons. The molecule has 0 saturated carbocycles. The van der Waals surface area contributed by atoms with Crippen molar-refractivity contribution in [3.63, 3.8) is 0 Å². The molecule has 1 N–H and O–H groups in total. The van der Waals surface area contributed by atoms with Gasteiger partial charge >= 0.3 is 0 Å². The van der Waals surface area contributed by atoms with Crippen molar-refractivity contribution in [2.75, 3.05) is 42.9 Å². The quantitative estimate of drug-likeness (QED) is 0.895. The molecular weight excluding hydrogens is 348 g/mol. The van der Waals surface area contributed by atoms with E-state index in [0.29, 0.717) is 21.8 Å². The number of hydrogen-bond donors (Lipinski definition) is 1. The molecule has 1 amide bonds. The number of halogens is 1. The second-order valence-corrected chi connectivity index (χ2v) is 6.66. The molecule has 1 fully saturated rings. The van der Waals surface area contributed by atoms with E-state index in [0.717, 1.165) is 38.4 Å². The number of nitrogens with zero attached hydrogens (tertiary/aromatic N) is 3. The van der Waals surface area contributed by atoms with E-state index >= 15 is 0 Å².